The van der Waals surface area contributed by atoms with Crippen LogP contribution in [-0.4, -0.2) is 60.7 Å². The summed E-state index contributed by atoms with van der Waals surface area (Å²) in [6, 6.07) is 0. The van der Waals surface area contributed by atoms with Gasteiger partial charge in [-0.15, -0.1) is 0 Å². The van der Waals surface area contributed by atoms with E-state index in [1.807, 2.05) is 11.9 Å². The summed E-state index contributed by atoms with van der Waals surface area (Å²) in [4.78, 5) is 23.5. The lowest BCUT2D eigenvalue weighted by Gasteiger charge is -2.32. The maximum Gasteiger partial charge on any atom is 0.341 e. The first kappa shape index (κ1) is 15.6. The zero-order valence-electron chi connectivity index (χ0n) is 12.1. The number of carbonyl (C=O) groups is 1. The third-order valence-corrected chi connectivity index (χ3v) is 3.29. The monoisotopic (exact) mass is 300 g/mol. The molecule has 0 unspecified atom stereocenters. The maximum absolute atomic E-state index is 13.1. The summed E-state index contributed by atoms with van der Waals surface area (Å²) in [5.41, 5.74) is -0.845. The Morgan fingerprint density at radius 3 is 2.62 bits per heavy atom. The van der Waals surface area contributed by atoms with Gasteiger partial charge in [-0.3, -0.25) is 0 Å². The Balaban J connectivity index is 2.25. The molecule has 0 aliphatic carbocycles. The van der Waals surface area contributed by atoms with Crippen molar-refractivity contribution in [3.63, 3.8) is 0 Å². The first-order valence-corrected chi connectivity index (χ1v) is 6.78. The van der Waals surface area contributed by atoms with Gasteiger partial charge in [0.2, 0.25) is 5.95 Å². The molecular weight excluding hydrogens is 282 g/mol. The van der Waals surface area contributed by atoms with Crippen molar-refractivity contribution in [2.45, 2.75) is 13.3 Å². The molecule has 0 bridgehead atoms. The number of alkyl halides is 2. The van der Waals surface area contributed by atoms with Crippen molar-refractivity contribution in [3.05, 3.63) is 17.5 Å². The van der Waals surface area contributed by atoms with Crippen molar-refractivity contribution in [2.24, 2.45) is 0 Å². The number of ether oxygens (including phenoxy) is 1. The largest absolute Gasteiger partial charge is 0.462 e. The van der Waals surface area contributed by atoms with E-state index in [2.05, 4.69) is 14.9 Å². The number of rotatable bonds is 4. The van der Waals surface area contributed by atoms with E-state index >= 15 is 0 Å². The lowest BCUT2D eigenvalue weighted by atomic mass is 10.2. The van der Waals surface area contributed by atoms with Gasteiger partial charge in [0.1, 0.15) is 11.3 Å². The molecule has 0 atom stereocenters. The fourth-order valence-electron chi connectivity index (χ4n) is 2.08. The minimum absolute atomic E-state index is 0.113. The summed E-state index contributed by atoms with van der Waals surface area (Å²) in [6.45, 7) is 4.68. The Labute approximate surface area is 121 Å². The summed E-state index contributed by atoms with van der Waals surface area (Å²) in [5, 5.41) is 0. The van der Waals surface area contributed by atoms with Gasteiger partial charge in [-0.25, -0.2) is 23.5 Å². The minimum atomic E-state index is -2.85. The Kier molecular flexibility index (Phi) is 5.00. The van der Waals surface area contributed by atoms with Crippen molar-refractivity contribution in [1.82, 2.24) is 14.9 Å². The maximum atomic E-state index is 13.1. The highest BCUT2D eigenvalue weighted by Crippen LogP contribution is 2.23. The van der Waals surface area contributed by atoms with Gasteiger partial charge < -0.3 is 14.5 Å². The summed E-state index contributed by atoms with van der Waals surface area (Å²) in [7, 11) is 1.99. The molecule has 6 nitrogen and oxygen atoms in total. The molecule has 1 aliphatic heterocycles. The fourth-order valence-corrected chi connectivity index (χ4v) is 2.08. The molecule has 0 amide bonds. The van der Waals surface area contributed by atoms with Crippen molar-refractivity contribution in [3.8, 4) is 0 Å². The van der Waals surface area contributed by atoms with Crippen molar-refractivity contribution < 1.29 is 18.3 Å². The molecule has 1 aliphatic rings. The van der Waals surface area contributed by atoms with Gasteiger partial charge >= 0.3 is 5.97 Å². The number of nitrogens with zero attached hydrogens (tertiary/aromatic N) is 4. The molecule has 8 heteroatoms. The van der Waals surface area contributed by atoms with E-state index in [4.69, 9.17) is 4.74 Å². The molecule has 0 N–H and O–H groups in total. The molecule has 0 radical (unpaired) electrons. The predicted octanol–water partition coefficient (Wildman–Crippen LogP) is 1.34. The van der Waals surface area contributed by atoms with Crippen molar-refractivity contribution in [2.75, 3.05) is 44.7 Å². The topological polar surface area (TPSA) is 58.6 Å². The summed E-state index contributed by atoms with van der Waals surface area (Å²) >= 11 is 0. The van der Waals surface area contributed by atoms with E-state index in [0.717, 1.165) is 19.3 Å². The molecule has 0 aromatic carbocycles. The quantitative estimate of drug-likeness (QED) is 0.782. The second-order valence-corrected chi connectivity index (χ2v) is 4.78. The third kappa shape index (κ3) is 3.63. The van der Waals surface area contributed by atoms with Gasteiger partial charge in [0.25, 0.3) is 6.43 Å². The Bertz CT molecular complexity index is 505. The number of carbonyl (C=O) groups excluding carboxylic acids is 1. The Morgan fingerprint density at radius 1 is 1.38 bits per heavy atom. The first-order valence-electron chi connectivity index (χ1n) is 6.78. The van der Waals surface area contributed by atoms with E-state index in [1.54, 1.807) is 6.92 Å². The number of aromatic nitrogens is 2. The lowest BCUT2D eigenvalue weighted by Crippen LogP contribution is -2.45. The highest BCUT2D eigenvalue weighted by atomic mass is 19.3. The summed E-state index contributed by atoms with van der Waals surface area (Å²) in [5.74, 6) is -0.593. The van der Waals surface area contributed by atoms with Gasteiger partial charge in [0.15, 0.2) is 0 Å². The normalized spacial score (nSPS) is 16.3. The van der Waals surface area contributed by atoms with E-state index < -0.39 is 18.1 Å². The lowest BCUT2D eigenvalue weighted by molar-refractivity contribution is 0.0513. The number of esters is 1. The van der Waals surface area contributed by atoms with Crippen molar-refractivity contribution >= 4 is 11.9 Å². The number of anilines is 1. The zero-order chi connectivity index (χ0) is 15.4. The third-order valence-electron chi connectivity index (χ3n) is 3.29. The van der Waals surface area contributed by atoms with Crippen LogP contribution in [0.4, 0.5) is 14.7 Å². The van der Waals surface area contributed by atoms with Crippen LogP contribution in [0, 0.1) is 0 Å². The van der Waals surface area contributed by atoms with Crippen LogP contribution < -0.4 is 4.90 Å². The SMILES string of the molecule is CCOC(=O)c1cnc(N2CCN(C)CC2)nc1C(F)F. The van der Waals surface area contributed by atoms with Crippen LogP contribution in [0.25, 0.3) is 0 Å². The van der Waals surface area contributed by atoms with Crippen LogP contribution in [0.1, 0.15) is 29.4 Å². The summed E-state index contributed by atoms with van der Waals surface area (Å²) in [6.07, 6.45) is -1.72. The molecule has 0 spiro atoms. The predicted molar refractivity (Wildman–Crippen MR) is 72.7 cm³/mol. The molecule has 2 heterocycles. The van der Waals surface area contributed by atoms with Crippen LogP contribution in [0.3, 0.4) is 0 Å². The number of hydrogen-bond acceptors (Lipinski definition) is 6. The van der Waals surface area contributed by atoms with Crippen LogP contribution in [0.2, 0.25) is 0 Å². The van der Waals surface area contributed by atoms with E-state index in [9.17, 15) is 13.6 Å². The average molecular weight is 300 g/mol. The van der Waals surface area contributed by atoms with E-state index in [0.29, 0.717) is 13.1 Å². The van der Waals surface area contributed by atoms with Crippen LogP contribution in [0.5, 0.6) is 0 Å². The number of piperazine rings is 1. The Hall–Kier alpha value is -1.83. The van der Waals surface area contributed by atoms with Gasteiger partial charge in [0, 0.05) is 32.4 Å². The second kappa shape index (κ2) is 6.75. The highest BCUT2D eigenvalue weighted by molar-refractivity contribution is 5.90. The number of hydrogen-bond donors (Lipinski definition) is 0. The number of likely N-dealkylation sites (N-methyl/N-ethyl adjacent to an activating group) is 1. The van der Waals surface area contributed by atoms with E-state index in [1.165, 1.54) is 0 Å². The molecule has 1 saturated heterocycles. The molecule has 1 aromatic rings. The van der Waals surface area contributed by atoms with Crippen LogP contribution >= 0.6 is 0 Å². The number of halogens is 2. The van der Waals surface area contributed by atoms with Gasteiger partial charge in [0.05, 0.1) is 6.61 Å². The summed E-state index contributed by atoms with van der Waals surface area (Å²) < 4.78 is 31.0. The molecule has 116 valence electrons. The minimum Gasteiger partial charge on any atom is -0.462 e. The highest BCUT2D eigenvalue weighted by Gasteiger charge is 2.25. The second-order valence-electron chi connectivity index (χ2n) is 4.78. The molecule has 21 heavy (non-hydrogen) atoms. The standard InChI is InChI=1S/C13H18F2N4O2/c1-3-21-12(20)9-8-16-13(17-10(9)11(14)15)19-6-4-18(2)5-7-19/h8,11H,3-7H2,1-2H3. The average Bonchev–Trinajstić information content (AvgIpc) is 2.47. The van der Waals surface area contributed by atoms with Gasteiger partial charge in [-0.05, 0) is 14.0 Å². The van der Waals surface area contributed by atoms with Gasteiger partial charge in [-0.2, -0.15) is 0 Å². The fraction of sp³-hybridized carbons (Fsp3) is 0.615. The van der Waals surface area contributed by atoms with Crippen LogP contribution in [-0.2, 0) is 4.74 Å². The van der Waals surface area contributed by atoms with E-state index in [-0.39, 0.29) is 18.1 Å². The van der Waals surface area contributed by atoms with Crippen LogP contribution in [0.15, 0.2) is 6.20 Å². The Morgan fingerprint density at radius 2 is 2.05 bits per heavy atom. The molecule has 2 rings (SSSR count). The molecule has 1 aromatic heterocycles. The first-order chi connectivity index (χ1) is 10.0. The van der Waals surface area contributed by atoms with Gasteiger partial charge in [-0.1, -0.05) is 0 Å². The van der Waals surface area contributed by atoms with Crippen molar-refractivity contribution in [1.29, 1.82) is 0 Å². The molecule has 1 fully saturated rings. The zero-order valence-corrected chi connectivity index (χ0v) is 12.1. The smallest absolute Gasteiger partial charge is 0.341 e. The molecular formula is C13H18F2N4O2. The molecule has 0 saturated carbocycles.